The maximum atomic E-state index is 12.5. The van der Waals surface area contributed by atoms with Gasteiger partial charge in [-0.2, -0.15) is 0 Å². The zero-order valence-electron chi connectivity index (χ0n) is 16.0. The largest absolute Gasteiger partial charge is 0.504 e. The molecule has 5 rings (SSSR count). The summed E-state index contributed by atoms with van der Waals surface area (Å²) in [5, 5.41) is 33.5. The summed E-state index contributed by atoms with van der Waals surface area (Å²) < 4.78 is 0. The topological polar surface area (TPSA) is 113 Å². The van der Waals surface area contributed by atoms with Gasteiger partial charge < -0.3 is 15.5 Å². The van der Waals surface area contributed by atoms with Crippen molar-refractivity contribution in [2.75, 3.05) is 0 Å². The van der Waals surface area contributed by atoms with Crippen LogP contribution in [0.4, 0.5) is 5.69 Å². The number of phenols is 2. The fraction of sp³-hybridized carbons (Fsp3) is 0.667. The van der Waals surface area contributed by atoms with Crippen molar-refractivity contribution in [2.45, 2.75) is 69.7 Å². The maximum Gasteiger partial charge on any atom is 0.314 e. The highest BCUT2D eigenvalue weighted by molar-refractivity contribution is 5.76. The summed E-state index contributed by atoms with van der Waals surface area (Å²) in [5.41, 5.74) is 0.132. The van der Waals surface area contributed by atoms with Crippen LogP contribution in [0.2, 0.25) is 0 Å². The molecule has 1 aromatic rings. The lowest BCUT2D eigenvalue weighted by molar-refractivity contribution is -0.386. The molecule has 4 aliphatic carbocycles. The normalized spacial score (nSPS) is 30.4. The first kappa shape index (κ1) is 19.0. The predicted octanol–water partition coefficient (Wildman–Crippen LogP) is 3.80. The number of nitro groups is 1. The van der Waals surface area contributed by atoms with Gasteiger partial charge >= 0.3 is 5.69 Å². The van der Waals surface area contributed by atoms with Gasteiger partial charge in [0.25, 0.3) is 0 Å². The third-order valence-corrected chi connectivity index (χ3v) is 6.89. The molecular formula is C21H28N2O5. The Morgan fingerprint density at radius 3 is 2.29 bits per heavy atom. The van der Waals surface area contributed by atoms with Gasteiger partial charge in [0.15, 0.2) is 5.75 Å². The molecule has 4 bridgehead atoms. The number of carbonyl (C=O) groups excluding carboxylic acids is 1. The smallest absolute Gasteiger partial charge is 0.314 e. The standard InChI is InChI=1S/C21H28N2O5/c24-18-9-13(8-17(20(18)26)23(27)28)3-1-2-4-19(25)22-21-10-14-5-15(11-21)7-16(6-14)12-21/h8-9,14-16,24,26H,1-7,10-12H2,(H,22,25). The highest BCUT2D eigenvalue weighted by atomic mass is 16.6. The van der Waals surface area contributed by atoms with Crippen LogP contribution in [0.3, 0.4) is 0 Å². The summed E-state index contributed by atoms with van der Waals surface area (Å²) in [4.78, 5) is 22.7. The molecule has 152 valence electrons. The zero-order chi connectivity index (χ0) is 19.9. The molecule has 0 aromatic heterocycles. The average Bonchev–Trinajstić information content (AvgIpc) is 2.59. The van der Waals surface area contributed by atoms with E-state index in [0.29, 0.717) is 31.2 Å². The highest BCUT2D eigenvalue weighted by Gasteiger charge is 2.51. The first-order chi connectivity index (χ1) is 13.3. The first-order valence-corrected chi connectivity index (χ1v) is 10.3. The molecule has 0 unspecified atom stereocenters. The summed E-state index contributed by atoms with van der Waals surface area (Å²) in [5.74, 6) is 1.31. The second-order valence-electron chi connectivity index (χ2n) is 9.19. The van der Waals surface area contributed by atoms with Crippen LogP contribution in [0.5, 0.6) is 11.5 Å². The molecule has 1 aromatic carbocycles. The number of phenolic OH excluding ortho intramolecular Hbond substituents is 2. The van der Waals surface area contributed by atoms with Crippen molar-refractivity contribution in [1.82, 2.24) is 5.32 Å². The van der Waals surface area contributed by atoms with Gasteiger partial charge in [-0.25, -0.2) is 0 Å². The van der Waals surface area contributed by atoms with Gasteiger partial charge in [-0.05, 0) is 87.2 Å². The Balaban J connectivity index is 1.26. The molecule has 0 saturated heterocycles. The number of hydrogen-bond acceptors (Lipinski definition) is 5. The number of nitrogens with one attached hydrogen (secondary N) is 1. The molecule has 1 amide bonds. The van der Waals surface area contributed by atoms with Crippen LogP contribution in [-0.4, -0.2) is 26.6 Å². The molecule has 0 radical (unpaired) electrons. The second kappa shape index (κ2) is 7.26. The van der Waals surface area contributed by atoms with Crippen molar-refractivity contribution in [3.8, 4) is 11.5 Å². The van der Waals surface area contributed by atoms with E-state index < -0.39 is 22.1 Å². The molecule has 7 nitrogen and oxygen atoms in total. The van der Waals surface area contributed by atoms with Gasteiger partial charge in [-0.3, -0.25) is 14.9 Å². The molecule has 0 aliphatic heterocycles. The number of unbranched alkanes of at least 4 members (excludes halogenated alkanes) is 1. The minimum Gasteiger partial charge on any atom is -0.504 e. The summed E-state index contributed by atoms with van der Waals surface area (Å²) in [7, 11) is 0. The zero-order valence-corrected chi connectivity index (χ0v) is 16.0. The monoisotopic (exact) mass is 388 g/mol. The van der Waals surface area contributed by atoms with E-state index in [2.05, 4.69) is 5.32 Å². The van der Waals surface area contributed by atoms with Crippen molar-refractivity contribution >= 4 is 11.6 Å². The number of benzene rings is 1. The number of rotatable bonds is 7. The third kappa shape index (κ3) is 3.80. The van der Waals surface area contributed by atoms with Crippen LogP contribution >= 0.6 is 0 Å². The minimum atomic E-state index is -0.711. The van der Waals surface area contributed by atoms with E-state index in [1.54, 1.807) is 0 Å². The van der Waals surface area contributed by atoms with Crippen molar-refractivity contribution < 1.29 is 19.9 Å². The Labute approximate surface area is 164 Å². The Morgan fingerprint density at radius 2 is 1.71 bits per heavy atom. The third-order valence-electron chi connectivity index (χ3n) is 6.89. The van der Waals surface area contributed by atoms with E-state index in [-0.39, 0.29) is 11.4 Å². The van der Waals surface area contributed by atoms with Crippen LogP contribution < -0.4 is 5.32 Å². The summed E-state index contributed by atoms with van der Waals surface area (Å²) in [6.07, 6.45) is 9.81. The molecule has 4 fully saturated rings. The van der Waals surface area contributed by atoms with E-state index in [9.17, 15) is 25.1 Å². The molecule has 0 heterocycles. The number of amides is 1. The second-order valence-corrected chi connectivity index (χ2v) is 9.19. The molecule has 28 heavy (non-hydrogen) atoms. The fourth-order valence-corrected chi connectivity index (χ4v) is 6.18. The Kier molecular flexibility index (Phi) is 4.93. The van der Waals surface area contributed by atoms with Crippen molar-refractivity contribution in [3.63, 3.8) is 0 Å². The summed E-state index contributed by atoms with van der Waals surface area (Å²) >= 11 is 0. The lowest BCUT2D eigenvalue weighted by Gasteiger charge is -2.56. The lowest BCUT2D eigenvalue weighted by Crippen LogP contribution is -2.59. The molecular weight excluding hydrogens is 360 g/mol. The van der Waals surface area contributed by atoms with Crippen LogP contribution in [0, 0.1) is 27.9 Å². The minimum absolute atomic E-state index is 0.0369. The number of hydrogen-bond donors (Lipinski definition) is 3. The Bertz CT molecular complexity index is 756. The van der Waals surface area contributed by atoms with Crippen molar-refractivity contribution in [1.29, 1.82) is 0 Å². The van der Waals surface area contributed by atoms with E-state index in [4.69, 9.17) is 0 Å². The number of aryl methyl sites for hydroxylation is 1. The first-order valence-electron chi connectivity index (χ1n) is 10.3. The van der Waals surface area contributed by atoms with Crippen molar-refractivity contribution in [3.05, 3.63) is 27.8 Å². The van der Waals surface area contributed by atoms with Crippen LogP contribution in [0.25, 0.3) is 0 Å². The van der Waals surface area contributed by atoms with E-state index in [0.717, 1.165) is 37.0 Å². The lowest BCUT2D eigenvalue weighted by atomic mass is 9.53. The predicted molar refractivity (Wildman–Crippen MR) is 103 cm³/mol. The maximum absolute atomic E-state index is 12.5. The van der Waals surface area contributed by atoms with Gasteiger partial charge in [0.05, 0.1) is 4.92 Å². The van der Waals surface area contributed by atoms with Crippen LogP contribution in [-0.2, 0) is 11.2 Å². The van der Waals surface area contributed by atoms with E-state index >= 15 is 0 Å². The molecule has 4 saturated carbocycles. The SMILES string of the molecule is O=C(CCCCc1cc(O)c(O)c([N+](=O)[O-])c1)NC12CC3CC(CC(C3)C1)C2. The van der Waals surface area contributed by atoms with Gasteiger partial charge in [-0.1, -0.05) is 0 Å². The van der Waals surface area contributed by atoms with Crippen LogP contribution in [0.1, 0.15) is 63.4 Å². The summed E-state index contributed by atoms with van der Waals surface area (Å²) in [6, 6.07) is 2.63. The number of aromatic hydroxyl groups is 2. The number of carbonyl (C=O) groups is 1. The van der Waals surface area contributed by atoms with Gasteiger partial charge in [-0.15, -0.1) is 0 Å². The van der Waals surface area contributed by atoms with E-state index in [1.807, 2.05) is 0 Å². The van der Waals surface area contributed by atoms with Crippen molar-refractivity contribution in [2.24, 2.45) is 17.8 Å². The van der Waals surface area contributed by atoms with Gasteiger partial charge in [0, 0.05) is 18.0 Å². The molecule has 3 N–H and O–H groups in total. The van der Waals surface area contributed by atoms with Gasteiger partial charge in [0.1, 0.15) is 0 Å². The highest BCUT2D eigenvalue weighted by Crippen LogP contribution is 2.55. The molecule has 0 atom stereocenters. The number of nitrogens with zero attached hydrogens (tertiary/aromatic N) is 1. The molecule has 4 aliphatic rings. The fourth-order valence-electron chi connectivity index (χ4n) is 6.18. The molecule has 7 heteroatoms. The van der Waals surface area contributed by atoms with Crippen LogP contribution in [0.15, 0.2) is 12.1 Å². The summed E-state index contributed by atoms with van der Waals surface area (Å²) in [6.45, 7) is 0. The average molecular weight is 388 g/mol. The Hall–Kier alpha value is -2.31. The van der Waals surface area contributed by atoms with Gasteiger partial charge in [0.2, 0.25) is 11.7 Å². The quantitative estimate of drug-likeness (QED) is 0.285. The van der Waals surface area contributed by atoms with E-state index in [1.165, 1.54) is 31.4 Å². The number of nitro benzene ring substituents is 1. The molecule has 0 spiro atoms. The Morgan fingerprint density at radius 1 is 1.11 bits per heavy atom.